The lowest BCUT2D eigenvalue weighted by atomic mass is 10.3. The number of ether oxygens (including phenoxy) is 1. The molecular weight excluding hydrogens is 242 g/mol. The molecule has 0 aliphatic rings. The molecule has 1 heterocycles. The molecule has 0 saturated carbocycles. The maximum Gasteiger partial charge on any atom is 0.260 e. The van der Waals surface area contributed by atoms with Crippen LogP contribution >= 0.6 is 0 Å². The molecule has 0 saturated heterocycles. The maximum atomic E-state index is 11.7. The van der Waals surface area contributed by atoms with Crippen LogP contribution in [-0.2, 0) is 11.3 Å². The normalized spacial score (nSPS) is 10.6. The van der Waals surface area contributed by atoms with Crippen molar-refractivity contribution in [2.24, 2.45) is 0 Å². The molecule has 0 aromatic carbocycles. The maximum absolute atomic E-state index is 11.7. The van der Waals surface area contributed by atoms with Gasteiger partial charge < -0.3 is 15.0 Å². The Morgan fingerprint density at radius 1 is 1.47 bits per heavy atom. The van der Waals surface area contributed by atoms with Crippen LogP contribution in [0.1, 0.15) is 26.5 Å². The molecule has 0 aliphatic carbocycles. The standard InChI is InChI=1S/C14H23N3O2/c1-5-15-8-12-6-7-13(9-16-12)19-10-14(18)17(4)11(2)3/h6-7,9,11,15H,5,8,10H2,1-4H3. The van der Waals surface area contributed by atoms with Crippen molar-refractivity contribution in [3.05, 3.63) is 24.0 Å². The summed E-state index contributed by atoms with van der Waals surface area (Å²) in [6, 6.07) is 3.91. The Labute approximate surface area is 115 Å². The SMILES string of the molecule is CCNCc1ccc(OCC(=O)N(C)C(C)C)cn1. The molecule has 1 aromatic rings. The second-order valence-electron chi connectivity index (χ2n) is 4.65. The van der Waals surface area contributed by atoms with Crippen molar-refractivity contribution < 1.29 is 9.53 Å². The summed E-state index contributed by atoms with van der Waals surface area (Å²) in [5.74, 6) is 0.581. The average molecular weight is 265 g/mol. The molecule has 1 N–H and O–H groups in total. The Hall–Kier alpha value is -1.62. The average Bonchev–Trinajstić information content (AvgIpc) is 2.42. The van der Waals surface area contributed by atoms with Gasteiger partial charge in [0.05, 0.1) is 11.9 Å². The van der Waals surface area contributed by atoms with Crippen molar-refractivity contribution in [1.29, 1.82) is 0 Å². The fourth-order valence-electron chi connectivity index (χ4n) is 1.39. The number of rotatable bonds is 7. The smallest absolute Gasteiger partial charge is 0.260 e. The van der Waals surface area contributed by atoms with Gasteiger partial charge in [-0.05, 0) is 32.5 Å². The second kappa shape index (κ2) is 7.74. The van der Waals surface area contributed by atoms with Crippen LogP contribution in [-0.4, -0.2) is 42.0 Å². The fraction of sp³-hybridized carbons (Fsp3) is 0.571. The van der Waals surface area contributed by atoms with E-state index in [0.717, 1.165) is 18.8 Å². The van der Waals surface area contributed by atoms with Gasteiger partial charge in [0.2, 0.25) is 0 Å². The quantitative estimate of drug-likeness (QED) is 0.810. The second-order valence-corrected chi connectivity index (χ2v) is 4.65. The Bertz CT molecular complexity index is 390. The Kier molecular flexibility index (Phi) is 6.29. The predicted octanol–water partition coefficient (Wildman–Crippen LogP) is 1.44. The molecule has 0 fully saturated rings. The van der Waals surface area contributed by atoms with E-state index < -0.39 is 0 Å². The summed E-state index contributed by atoms with van der Waals surface area (Å²) in [4.78, 5) is 17.7. The number of pyridine rings is 1. The molecule has 0 unspecified atom stereocenters. The van der Waals surface area contributed by atoms with Gasteiger partial charge >= 0.3 is 0 Å². The van der Waals surface area contributed by atoms with Gasteiger partial charge in [-0.2, -0.15) is 0 Å². The van der Waals surface area contributed by atoms with Crippen LogP contribution in [0, 0.1) is 0 Å². The number of carbonyl (C=O) groups is 1. The minimum absolute atomic E-state index is 0.0354. The zero-order valence-corrected chi connectivity index (χ0v) is 12.1. The van der Waals surface area contributed by atoms with E-state index in [1.807, 2.05) is 32.9 Å². The highest BCUT2D eigenvalue weighted by Crippen LogP contribution is 2.09. The molecule has 1 aromatic heterocycles. The first-order valence-corrected chi connectivity index (χ1v) is 6.58. The molecule has 0 radical (unpaired) electrons. The molecule has 1 rings (SSSR count). The summed E-state index contributed by atoms with van der Waals surface area (Å²) < 4.78 is 5.42. The third-order valence-corrected chi connectivity index (χ3v) is 2.88. The highest BCUT2D eigenvalue weighted by atomic mass is 16.5. The molecule has 1 amide bonds. The van der Waals surface area contributed by atoms with Crippen molar-refractivity contribution in [2.45, 2.75) is 33.4 Å². The Morgan fingerprint density at radius 2 is 2.21 bits per heavy atom. The highest BCUT2D eigenvalue weighted by molar-refractivity contribution is 5.77. The number of aromatic nitrogens is 1. The molecule has 0 atom stereocenters. The highest BCUT2D eigenvalue weighted by Gasteiger charge is 2.12. The van der Waals surface area contributed by atoms with Gasteiger partial charge in [0, 0.05) is 19.6 Å². The van der Waals surface area contributed by atoms with Crippen LogP contribution in [0.3, 0.4) is 0 Å². The van der Waals surface area contributed by atoms with E-state index in [0.29, 0.717) is 5.75 Å². The number of likely N-dealkylation sites (N-methyl/N-ethyl adjacent to an activating group) is 1. The number of nitrogens with zero attached hydrogens (tertiary/aromatic N) is 2. The van der Waals surface area contributed by atoms with Crippen LogP contribution in [0.15, 0.2) is 18.3 Å². The minimum Gasteiger partial charge on any atom is -0.482 e. The van der Waals surface area contributed by atoms with Gasteiger partial charge in [0.1, 0.15) is 5.75 Å². The fourth-order valence-corrected chi connectivity index (χ4v) is 1.39. The first-order valence-electron chi connectivity index (χ1n) is 6.58. The molecule has 5 heteroatoms. The first-order chi connectivity index (χ1) is 9.04. The lowest BCUT2D eigenvalue weighted by molar-refractivity contribution is -0.133. The minimum atomic E-state index is -0.0354. The molecule has 5 nitrogen and oxygen atoms in total. The summed E-state index contributed by atoms with van der Waals surface area (Å²) in [6.07, 6.45) is 1.65. The molecule has 19 heavy (non-hydrogen) atoms. The number of hydrogen-bond donors (Lipinski definition) is 1. The topological polar surface area (TPSA) is 54.5 Å². The van der Waals surface area contributed by atoms with Crippen LogP contribution in [0.25, 0.3) is 0 Å². The van der Waals surface area contributed by atoms with Gasteiger partial charge in [-0.1, -0.05) is 6.92 Å². The molecular formula is C14H23N3O2. The number of amides is 1. The van der Waals surface area contributed by atoms with Crippen LogP contribution in [0.5, 0.6) is 5.75 Å². The van der Waals surface area contributed by atoms with Crippen molar-refractivity contribution >= 4 is 5.91 Å². The van der Waals surface area contributed by atoms with Crippen molar-refractivity contribution in [3.63, 3.8) is 0 Å². The molecule has 0 aliphatic heterocycles. The summed E-state index contributed by atoms with van der Waals surface area (Å²) in [7, 11) is 1.77. The van der Waals surface area contributed by atoms with E-state index in [2.05, 4.69) is 10.3 Å². The Balaban J connectivity index is 2.43. The molecule has 106 valence electrons. The van der Waals surface area contributed by atoms with Crippen molar-refractivity contribution in [2.75, 3.05) is 20.2 Å². The Morgan fingerprint density at radius 3 is 2.74 bits per heavy atom. The largest absolute Gasteiger partial charge is 0.482 e. The first kappa shape index (κ1) is 15.4. The third-order valence-electron chi connectivity index (χ3n) is 2.88. The lowest BCUT2D eigenvalue weighted by Gasteiger charge is -2.21. The monoisotopic (exact) mass is 265 g/mol. The van der Waals surface area contributed by atoms with Crippen LogP contribution in [0.2, 0.25) is 0 Å². The molecule has 0 spiro atoms. The van der Waals surface area contributed by atoms with Crippen molar-refractivity contribution in [3.8, 4) is 5.75 Å². The van der Waals surface area contributed by atoms with Gasteiger partial charge in [0.15, 0.2) is 6.61 Å². The van der Waals surface area contributed by atoms with E-state index >= 15 is 0 Å². The summed E-state index contributed by atoms with van der Waals surface area (Å²) in [5, 5.41) is 3.20. The van der Waals surface area contributed by atoms with Gasteiger partial charge in [-0.15, -0.1) is 0 Å². The van der Waals surface area contributed by atoms with Gasteiger partial charge in [-0.25, -0.2) is 0 Å². The van der Waals surface area contributed by atoms with E-state index in [1.165, 1.54) is 0 Å². The summed E-state index contributed by atoms with van der Waals surface area (Å²) in [5.41, 5.74) is 0.958. The number of carbonyl (C=O) groups excluding carboxylic acids is 1. The van der Waals surface area contributed by atoms with E-state index in [4.69, 9.17) is 4.74 Å². The zero-order valence-electron chi connectivity index (χ0n) is 12.1. The summed E-state index contributed by atoms with van der Waals surface area (Å²) in [6.45, 7) is 7.68. The lowest BCUT2D eigenvalue weighted by Crippen LogP contribution is -2.36. The molecule has 0 bridgehead atoms. The van der Waals surface area contributed by atoms with Gasteiger partial charge in [0.25, 0.3) is 5.91 Å². The van der Waals surface area contributed by atoms with Gasteiger partial charge in [-0.3, -0.25) is 9.78 Å². The van der Waals surface area contributed by atoms with E-state index in [-0.39, 0.29) is 18.6 Å². The van der Waals surface area contributed by atoms with Crippen molar-refractivity contribution in [1.82, 2.24) is 15.2 Å². The van der Waals surface area contributed by atoms with Crippen LogP contribution in [0.4, 0.5) is 0 Å². The third kappa shape index (κ3) is 5.26. The number of hydrogen-bond acceptors (Lipinski definition) is 4. The zero-order chi connectivity index (χ0) is 14.3. The summed E-state index contributed by atoms with van der Waals surface area (Å²) >= 11 is 0. The van der Waals surface area contributed by atoms with Crippen LogP contribution < -0.4 is 10.1 Å². The predicted molar refractivity (Wildman–Crippen MR) is 75.0 cm³/mol. The van der Waals surface area contributed by atoms with E-state index in [1.54, 1.807) is 18.1 Å². The van der Waals surface area contributed by atoms with E-state index in [9.17, 15) is 4.79 Å². The number of nitrogens with one attached hydrogen (secondary N) is 1.